The van der Waals surface area contributed by atoms with Gasteiger partial charge in [0, 0.05) is 15.2 Å². The highest BCUT2D eigenvalue weighted by Gasteiger charge is 2.11. The predicted octanol–water partition coefficient (Wildman–Crippen LogP) is 5.04. The van der Waals surface area contributed by atoms with Crippen LogP contribution in [0.5, 0.6) is 0 Å². The summed E-state index contributed by atoms with van der Waals surface area (Å²) in [5.41, 5.74) is 2.82. The van der Waals surface area contributed by atoms with E-state index in [4.69, 9.17) is 0 Å². The first-order valence-electron chi connectivity index (χ1n) is 7.13. The van der Waals surface area contributed by atoms with Gasteiger partial charge in [0.1, 0.15) is 0 Å². The third-order valence-electron chi connectivity index (χ3n) is 3.83. The van der Waals surface area contributed by atoms with Gasteiger partial charge in [-0.3, -0.25) is 0 Å². The summed E-state index contributed by atoms with van der Waals surface area (Å²) in [5, 5.41) is 7.16. The van der Waals surface area contributed by atoms with Gasteiger partial charge in [0.15, 0.2) is 0 Å². The van der Waals surface area contributed by atoms with Crippen LogP contribution in [0.15, 0.2) is 58.4 Å². The van der Waals surface area contributed by atoms with Crippen LogP contribution in [-0.2, 0) is 12.8 Å². The minimum atomic E-state index is 0.462. The van der Waals surface area contributed by atoms with Crippen molar-refractivity contribution in [2.24, 2.45) is 0 Å². The van der Waals surface area contributed by atoms with E-state index in [9.17, 15) is 0 Å². The van der Waals surface area contributed by atoms with E-state index in [0.29, 0.717) is 6.04 Å². The molecule has 0 aliphatic carbocycles. The smallest absolute Gasteiger partial charge is 0.0345 e. The molecule has 108 valence electrons. The van der Waals surface area contributed by atoms with Gasteiger partial charge in [-0.1, -0.05) is 46.3 Å². The SMILES string of the molecule is CNC(Cc1ccc(Br)cc1)Cc1csc2ccccc12. The number of likely N-dealkylation sites (N-methyl/N-ethyl adjacent to an activating group) is 1. The Labute approximate surface area is 138 Å². The summed E-state index contributed by atoms with van der Waals surface area (Å²) in [6, 6.07) is 17.7. The molecule has 0 saturated heterocycles. The van der Waals surface area contributed by atoms with E-state index in [1.165, 1.54) is 21.2 Å². The lowest BCUT2D eigenvalue weighted by Gasteiger charge is -2.16. The van der Waals surface area contributed by atoms with Crippen molar-refractivity contribution < 1.29 is 0 Å². The van der Waals surface area contributed by atoms with Gasteiger partial charge in [-0.25, -0.2) is 0 Å². The van der Waals surface area contributed by atoms with Gasteiger partial charge in [-0.15, -0.1) is 11.3 Å². The average Bonchev–Trinajstić information content (AvgIpc) is 2.92. The highest BCUT2D eigenvalue weighted by atomic mass is 79.9. The van der Waals surface area contributed by atoms with Gasteiger partial charge in [0.25, 0.3) is 0 Å². The molecule has 0 saturated carbocycles. The van der Waals surface area contributed by atoms with E-state index in [-0.39, 0.29) is 0 Å². The number of hydrogen-bond donors (Lipinski definition) is 1. The first kappa shape index (κ1) is 14.8. The molecule has 1 aromatic heterocycles. The maximum atomic E-state index is 3.49. The second-order valence-corrected chi connectivity index (χ2v) is 7.10. The zero-order valence-corrected chi connectivity index (χ0v) is 14.4. The van der Waals surface area contributed by atoms with Crippen molar-refractivity contribution in [2.75, 3.05) is 7.05 Å². The Kier molecular flexibility index (Phi) is 4.73. The standard InChI is InChI=1S/C18H18BrNS/c1-20-16(10-13-6-8-15(19)9-7-13)11-14-12-21-18-5-3-2-4-17(14)18/h2-9,12,16,20H,10-11H2,1H3. The molecule has 3 aromatic rings. The lowest BCUT2D eigenvalue weighted by molar-refractivity contribution is 0.558. The topological polar surface area (TPSA) is 12.0 Å². The lowest BCUT2D eigenvalue weighted by atomic mass is 9.99. The maximum Gasteiger partial charge on any atom is 0.0345 e. The van der Waals surface area contributed by atoms with Crippen LogP contribution in [0.4, 0.5) is 0 Å². The molecule has 0 fully saturated rings. The monoisotopic (exact) mass is 359 g/mol. The summed E-state index contributed by atoms with van der Waals surface area (Å²) < 4.78 is 2.52. The van der Waals surface area contributed by atoms with Crippen LogP contribution in [0.2, 0.25) is 0 Å². The summed E-state index contributed by atoms with van der Waals surface area (Å²) in [7, 11) is 2.05. The van der Waals surface area contributed by atoms with Crippen LogP contribution in [0.3, 0.4) is 0 Å². The molecule has 0 radical (unpaired) electrons. The Bertz CT molecular complexity index is 717. The molecule has 0 spiro atoms. The molecule has 3 heteroatoms. The number of hydrogen-bond acceptors (Lipinski definition) is 2. The van der Waals surface area contributed by atoms with Crippen molar-refractivity contribution in [3.8, 4) is 0 Å². The fourth-order valence-electron chi connectivity index (χ4n) is 2.64. The Morgan fingerprint density at radius 2 is 1.81 bits per heavy atom. The third-order valence-corrected chi connectivity index (χ3v) is 5.37. The van der Waals surface area contributed by atoms with E-state index in [2.05, 4.69) is 82.2 Å². The van der Waals surface area contributed by atoms with Crippen LogP contribution in [0.1, 0.15) is 11.1 Å². The zero-order chi connectivity index (χ0) is 14.7. The first-order chi connectivity index (χ1) is 10.3. The fourth-order valence-corrected chi connectivity index (χ4v) is 3.88. The van der Waals surface area contributed by atoms with E-state index in [0.717, 1.165) is 17.3 Å². The number of nitrogens with one attached hydrogen (secondary N) is 1. The molecule has 21 heavy (non-hydrogen) atoms. The van der Waals surface area contributed by atoms with Gasteiger partial charge in [0.05, 0.1) is 0 Å². The second kappa shape index (κ2) is 6.73. The van der Waals surface area contributed by atoms with Crippen LogP contribution >= 0.6 is 27.3 Å². The summed E-state index contributed by atoms with van der Waals surface area (Å²) >= 11 is 5.33. The molecule has 0 aliphatic rings. The number of benzene rings is 2. The van der Waals surface area contributed by atoms with Crippen molar-refractivity contribution in [1.82, 2.24) is 5.32 Å². The molecular weight excluding hydrogens is 342 g/mol. The van der Waals surface area contributed by atoms with Gasteiger partial charge in [-0.2, -0.15) is 0 Å². The molecule has 1 nitrogen and oxygen atoms in total. The van der Waals surface area contributed by atoms with Crippen molar-refractivity contribution in [2.45, 2.75) is 18.9 Å². The summed E-state index contributed by atoms with van der Waals surface area (Å²) in [6.45, 7) is 0. The molecule has 0 bridgehead atoms. The minimum absolute atomic E-state index is 0.462. The van der Waals surface area contributed by atoms with Crippen molar-refractivity contribution >= 4 is 37.4 Å². The third kappa shape index (κ3) is 3.54. The largest absolute Gasteiger partial charge is 0.316 e. The Balaban J connectivity index is 1.76. The molecule has 2 aromatic carbocycles. The van der Waals surface area contributed by atoms with Crippen LogP contribution < -0.4 is 5.32 Å². The Morgan fingerprint density at radius 3 is 2.57 bits per heavy atom. The molecule has 1 N–H and O–H groups in total. The first-order valence-corrected chi connectivity index (χ1v) is 8.80. The van der Waals surface area contributed by atoms with Crippen LogP contribution in [0.25, 0.3) is 10.1 Å². The summed E-state index contributed by atoms with van der Waals surface area (Å²) in [4.78, 5) is 0. The van der Waals surface area contributed by atoms with Crippen molar-refractivity contribution in [3.05, 3.63) is 69.5 Å². The molecule has 0 aliphatic heterocycles. The highest BCUT2D eigenvalue weighted by molar-refractivity contribution is 9.10. The quantitative estimate of drug-likeness (QED) is 0.672. The average molecular weight is 360 g/mol. The number of thiophene rings is 1. The lowest BCUT2D eigenvalue weighted by Crippen LogP contribution is -2.29. The second-order valence-electron chi connectivity index (χ2n) is 5.28. The number of halogens is 1. The van der Waals surface area contributed by atoms with Crippen molar-refractivity contribution in [1.29, 1.82) is 0 Å². The normalized spacial score (nSPS) is 12.7. The van der Waals surface area contributed by atoms with Gasteiger partial charge in [0.2, 0.25) is 0 Å². The number of rotatable bonds is 5. The Morgan fingerprint density at radius 1 is 1.05 bits per heavy atom. The van der Waals surface area contributed by atoms with E-state index >= 15 is 0 Å². The van der Waals surface area contributed by atoms with E-state index < -0.39 is 0 Å². The fraction of sp³-hybridized carbons (Fsp3) is 0.222. The van der Waals surface area contributed by atoms with Gasteiger partial charge >= 0.3 is 0 Å². The molecular formula is C18H18BrNS. The summed E-state index contributed by atoms with van der Waals surface area (Å²) in [6.07, 6.45) is 2.12. The Hall–Kier alpha value is -1.16. The van der Waals surface area contributed by atoms with Crippen LogP contribution in [0, 0.1) is 0 Å². The molecule has 0 amide bonds. The highest BCUT2D eigenvalue weighted by Crippen LogP contribution is 2.27. The number of fused-ring (bicyclic) bond motifs is 1. The maximum absolute atomic E-state index is 3.49. The van der Waals surface area contributed by atoms with Crippen LogP contribution in [-0.4, -0.2) is 13.1 Å². The van der Waals surface area contributed by atoms with E-state index in [1.54, 1.807) is 0 Å². The molecule has 1 atom stereocenters. The minimum Gasteiger partial charge on any atom is -0.316 e. The predicted molar refractivity (Wildman–Crippen MR) is 96.2 cm³/mol. The zero-order valence-electron chi connectivity index (χ0n) is 12.0. The van der Waals surface area contributed by atoms with Crippen molar-refractivity contribution in [3.63, 3.8) is 0 Å². The van der Waals surface area contributed by atoms with E-state index in [1.807, 2.05) is 11.3 Å². The molecule has 1 unspecified atom stereocenters. The van der Waals surface area contributed by atoms with Gasteiger partial charge in [-0.05, 0) is 60.0 Å². The van der Waals surface area contributed by atoms with Gasteiger partial charge < -0.3 is 5.32 Å². The molecule has 1 heterocycles. The summed E-state index contributed by atoms with van der Waals surface area (Å²) in [5.74, 6) is 0. The molecule has 3 rings (SSSR count).